The number of amidine groups is 1. The molecule has 0 radical (unpaired) electrons. The van der Waals surface area contributed by atoms with Crippen LogP contribution in [-0.4, -0.2) is 12.0 Å². The summed E-state index contributed by atoms with van der Waals surface area (Å²) in [5, 5.41) is 0. The molecule has 0 spiro atoms. The lowest BCUT2D eigenvalue weighted by atomic mass is 10.6. The summed E-state index contributed by atoms with van der Waals surface area (Å²) in [6.45, 7) is 2.95. The summed E-state index contributed by atoms with van der Waals surface area (Å²) >= 11 is 0. The van der Waals surface area contributed by atoms with Gasteiger partial charge in [0, 0.05) is 6.20 Å². The van der Waals surface area contributed by atoms with Gasteiger partial charge in [-0.3, -0.25) is 0 Å². The maximum Gasteiger partial charge on any atom is 0.448 e. The fourth-order valence-electron chi connectivity index (χ4n) is 0.172. The van der Waals surface area contributed by atoms with Crippen LogP contribution in [0, 0.1) is 0 Å². The van der Waals surface area contributed by atoms with Crippen molar-refractivity contribution < 1.29 is 13.2 Å². The Kier molecular flexibility index (Phi) is 2.24. The molecule has 0 amide bonds. The van der Waals surface area contributed by atoms with E-state index in [2.05, 4.69) is 17.3 Å². The predicted molar refractivity (Wildman–Crippen MR) is 27.9 cm³/mol. The molecule has 0 bridgehead atoms. The number of nitrogens with zero attached hydrogens (tertiary/aromatic N) is 1. The van der Waals surface area contributed by atoms with Gasteiger partial charge >= 0.3 is 6.18 Å². The van der Waals surface area contributed by atoms with Gasteiger partial charge in [0.25, 0.3) is 0 Å². The second-order valence-corrected chi connectivity index (χ2v) is 1.19. The van der Waals surface area contributed by atoms with Crippen molar-refractivity contribution >= 4 is 5.84 Å². The van der Waals surface area contributed by atoms with E-state index in [-0.39, 0.29) is 0 Å². The van der Waals surface area contributed by atoms with Crippen molar-refractivity contribution in [3.8, 4) is 0 Å². The molecular formula is C4H5F3N2. The Morgan fingerprint density at radius 2 is 2.00 bits per heavy atom. The quantitative estimate of drug-likeness (QED) is 0.426. The van der Waals surface area contributed by atoms with Crippen LogP contribution in [0.5, 0.6) is 0 Å². The number of halogens is 3. The minimum atomic E-state index is -4.53. The second kappa shape index (κ2) is 2.52. The minimum Gasteiger partial charge on any atom is -0.380 e. The van der Waals surface area contributed by atoms with Crippen LogP contribution in [0.15, 0.2) is 17.8 Å². The Morgan fingerprint density at radius 1 is 1.56 bits per heavy atom. The molecule has 2 N–H and O–H groups in total. The lowest BCUT2D eigenvalue weighted by molar-refractivity contribution is -0.0598. The zero-order chi connectivity index (χ0) is 7.49. The van der Waals surface area contributed by atoms with Gasteiger partial charge in [0.1, 0.15) is 0 Å². The zero-order valence-corrected chi connectivity index (χ0v) is 4.44. The normalized spacial score (nSPS) is 13.4. The molecule has 0 aliphatic carbocycles. The fourth-order valence-corrected chi connectivity index (χ4v) is 0.172. The molecule has 5 heteroatoms. The summed E-state index contributed by atoms with van der Waals surface area (Å²) in [6.07, 6.45) is -3.79. The Bertz CT molecular complexity index is 135. The molecular weight excluding hydrogens is 133 g/mol. The first-order chi connectivity index (χ1) is 3.98. The monoisotopic (exact) mass is 138 g/mol. The van der Waals surface area contributed by atoms with Crippen molar-refractivity contribution in [1.29, 1.82) is 0 Å². The van der Waals surface area contributed by atoms with Gasteiger partial charge in [0.2, 0.25) is 5.84 Å². The highest BCUT2D eigenvalue weighted by Gasteiger charge is 2.32. The van der Waals surface area contributed by atoms with Crippen molar-refractivity contribution in [3.63, 3.8) is 0 Å². The van der Waals surface area contributed by atoms with Gasteiger partial charge in [-0.2, -0.15) is 13.2 Å². The first-order valence-corrected chi connectivity index (χ1v) is 2.00. The van der Waals surface area contributed by atoms with Gasteiger partial charge in [0.05, 0.1) is 0 Å². The van der Waals surface area contributed by atoms with Gasteiger partial charge in [-0.1, -0.05) is 6.58 Å². The molecule has 0 atom stereocenters. The molecule has 0 aliphatic heterocycles. The maximum absolute atomic E-state index is 11.3. The summed E-state index contributed by atoms with van der Waals surface area (Å²) in [5.41, 5.74) is 4.42. The van der Waals surface area contributed by atoms with Crippen LogP contribution in [0.3, 0.4) is 0 Å². The van der Waals surface area contributed by atoms with E-state index in [9.17, 15) is 13.2 Å². The summed E-state index contributed by atoms with van der Waals surface area (Å²) in [5.74, 6) is -1.38. The van der Waals surface area contributed by atoms with Crippen LogP contribution < -0.4 is 5.73 Å². The maximum atomic E-state index is 11.3. The van der Waals surface area contributed by atoms with Gasteiger partial charge in [-0.25, -0.2) is 4.99 Å². The van der Waals surface area contributed by atoms with Gasteiger partial charge < -0.3 is 5.73 Å². The third kappa shape index (κ3) is 2.73. The molecule has 0 aromatic carbocycles. The number of rotatable bonds is 1. The molecule has 0 unspecified atom stereocenters. The summed E-state index contributed by atoms with van der Waals surface area (Å²) in [6, 6.07) is 0. The first kappa shape index (κ1) is 8.00. The van der Waals surface area contributed by atoms with E-state index in [0.717, 1.165) is 6.20 Å². The molecule has 0 heterocycles. The summed E-state index contributed by atoms with van der Waals surface area (Å²) < 4.78 is 34.0. The van der Waals surface area contributed by atoms with Crippen LogP contribution >= 0.6 is 0 Å². The Balaban J connectivity index is 4.19. The largest absolute Gasteiger partial charge is 0.448 e. The average Bonchev–Trinajstić information content (AvgIpc) is 1.64. The molecule has 0 fully saturated rings. The van der Waals surface area contributed by atoms with Crippen molar-refractivity contribution in [2.75, 3.05) is 0 Å². The number of aliphatic imine (C=N–C) groups is 1. The third-order valence-electron chi connectivity index (χ3n) is 0.521. The number of hydrogen-bond acceptors (Lipinski definition) is 1. The number of alkyl halides is 3. The van der Waals surface area contributed by atoms with Crippen LogP contribution in [0.1, 0.15) is 0 Å². The molecule has 0 aromatic heterocycles. The standard InChI is InChI=1S/C4H5F3N2/c1-2-9-3(8)4(5,6)7/h2H,1H2,(H2,8,9). The molecule has 52 valence electrons. The molecule has 9 heavy (non-hydrogen) atoms. The van der Waals surface area contributed by atoms with E-state index < -0.39 is 12.0 Å². The van der Waals surface area contributed by atoms with Crippen LogP contribution in [0.25, 0.3) is 0 Å². The van der Waals surface area contributed by atoms with Crippen molar-refractivity contribution in [2.45, 2.75) is 6.18 Å². The summed E-state index contributed by atoms with van der Waals surface area (Å²) in [7, 11) is 0. The van der Waals surface area contributed by atoms with E-state index in [0.29, 0.717) is 0 Å². The van der Waals surface area contributed by atoms with E-state index in [4.69, 9.17) is 0 Å². The van der Waals surface area contributed by atoms with Crippen LogP contribution in [0.4, 0.5) is 13.2 Å². The Hall–Kier alpha value is -1.00. The molecule has 0 aromatic rings. The topological polar surface area (TPSA) is 38.4 Å². The lowest BCUT2D eigenvalue weighted by Gasteiger charge is -2.01. The molecule has 0 saturated heterocycles. The average molecular weight is 138 g/mol. The highest BCUT2D eigenvalue weighted by Crippen LogP contribution is 2.13. The van der Waals surface area contributed by atoms with Gasteiger partial charge in [0.15, 0.2) is 0 Å². The van der Waals surface area contributed by atoms with Crippen molar-refractivity contribution in [1.82, 2.24) is 0 Å². The van der Waals surface area contributed by atoms with Crippen LogP contribution in [-0.2, 0) is 0 Å². The number of nitrogens with two attached hydrogens (primary N) is 1. The van der Waals surface area contributed by atoms with Gasteiger partial charge in [-0.15, -0.1) is 0 Å². The lowest BCUT2D eigenvalue weighted by Crippen LogP contribution is -2.30. The van der Waals surface area contributed by atoms with Gasteiger partial charge in [-0.05, 0) is 0 Å². The van der Waals surface area contributed by atoms with Crippen molar-refractivity contribution in [2.24, 2.45) is 10.7 Å². The second-order valence-electron chi connectivity index (χ2n) is 1.19. The highest BCUT2D eigenvalue weighted by atomic mass is 19.4. The highest BCUT2D eigenvalue weighted by molar-refractivity contribution is 5.86. The number of hydrogen-bond donors (Lipinski definition) is 1. The zero-order valence-electron chi connectivity index (χ0n) is 4.44. The SMILES string of the molecule is C=CN=C(N)C(F)(F)F. The fraction of sp³-hybridized carbons (Fsp3) is 0.250. The van der Waals surface area contributed by atoms with E-state index >= 15 is 0 Å². The van der Waals surface area contributed by atoms with E-state index in [1.54, 1.807) is 0 Å². The molecule has 0 aliphatic rings. The minimum absolute atomic E-state index is 0.739. The first-order valence-electron chi connectivity index (χ1n) is 2.00. The van der Waals surface area contributed by atoms with E-state index in [1.807, 2.05) is 0 Å². The third-order valence-corrected chi connectivity index (χ3v) is 0.521. The Labute approximate surface area is 49.9 Å². The Morgan fingerprint density at radius 3 is 2.11 bits per heavy atom. The van der Waals surface area contributed by atoms with E-state index in [1.165, 1.54) is 0 Å². The van der Waals surface area contributed by atoms with Crippen molar-refractivity contribution in [3.05, 3.63) is 12.8 Å². The molecule has 0 saturated carbocycles. The van der Waals surface area contributed by atoms with Crippen LogP contribution in [0.2, 0.25) is 0 Å². The molecule has 0 rings (SSSR count). The summed E-state index contributed by atoms with van der Waals surface area (Å²) in [4.78, 5) is 2.73. The predicted octanol–water partition coefficient (Wildman–Crippen LogP) is 1.05. The smallest absolute Gasteiger partial charge is 0.380 e. The molecule has 2 nitrogen and oxygen atoms in total.